The van der Waals surface area contributed by atoms with Gasteiger partial charge in [-0.2, -0.15) is 0 Å². The van der Waals surface area contributed by atoms with Crippen molar-refractivity contribution >= 4 is 0 Å². The summed E-state index contributed by atoms with van der Waals surface area (Å²) in [6.07, 6.45) is 4.41. The van der Waals surface area contributed by atoms with Crippen molar-refractivity contribution in [2.45, 2.75) is 39.3 Å². The van der Waals surface area contributed by atoms with E-state index >= 15 is 0 Å². The minimum Gasteiger partial charge on any atom is -0.439 e. The summed E-state index contributed by atoms with van der Waals surface area (Å²) in [6, 6.07) is 11.0. The van der Waals surface area contributed by atoms with E-state index in [2.05, 4.69) is 29.4 Å². The van der Waals surface area contributed by atoms with E-state index in [1.165, 1.54) is 24.0 Å². The summed E-state index contributed by atoms with van der Waals surface area (Å²) in [5.74, 6) is 1.54. The summed E-state index contributed by atoms with van der Waals surface area (Å²) < 4.78 is 5.91. The van der Waals surface area contributed by atoms with Gasteiger partial charge in [0.1, 0.15) is 5.75 Å². The first-order valence-electron chi connectivity index (χ1n) is 7.14. The molecule has 3 heteroatoms. The zero-order chi connectivity index (χ0) is 13.9. The summed E-state index contributed by atoms with van der Waals surface area (Å²) in [5.41, 5.74) is 3.53. The van der Waals surface area contributed by atoms with Crippen LogP contribution >= 0.6 is 0 Å². The van der Waals surface area contributed by atoms with Crippen LogP contribution in [0.4, 0.5) is 0 Å². The van der Waals surface area contributed by atoms with Gasteiger partial charge in [0, 0.05) is 24.8 Å². The van der Waals surface area contributed by atoms with Gasteiger partial charge in [-0.25, -0.2) is 4.98 Å². The number of hydrogen-bond acceptors (Lipinski definition) is 3. The molecule has 0 aliphatic heterocycles. The van der Waals surface area contributed by atoms with Gasteiger partial charge in [0.2, 0.25) is 5.88 Å². The number of aromatic nitrogens is 1. The lowest BCUT2D eigenvalue weighted by Gasteiger charge is -2.10. The molecule has 1 saturated carbocycles. The quantitative estimate of drug-likeness (QED) is 0.897. The number of nitrogens with one attached hydrogen (secondary N) is 1. The molecule has 0 amide bonds. The predicted octanol–water partition coefficient (Wildman–Crippen LogP) is 3.74. The maximum Gasteiger partial charge on any atom is 0.219 e. The van der Waals surface area contributed by atoms with Crippen LogP contribution in [-0.2, 0) is 6.54 Å². The Kier molecular flexibility index (Phi) is 3.70. The molecular weight excluding hydrogens is 248 g/mol. The van der Waals surface area contributed by atoms with Gasteiger partial charge in [0.25, 0.3) is 0 Å². The fraction of sp³-hybridized carbons (Fsp3) is 0.353. The molecule has 1 aliphatic rings. The van der Waals surface area contributed by atoms with Crippen molar-refractivity contribution in [2.75, 3.05) is 0 Å². The van der Waals surface area contributed by atoms with E-state index in [-0.39, 0.29) is 0 Å². The van der Waals surface area contributed by atoms with Crippen molar-refractivity contribution in [3.63, 3.8) is 0 Å². The Bertz CT molecular complexity index is 606. The molecule has 3 rings (SSSR count). The fourth-order valence-electron chi connectivity index (χ4n) is 2.10. The molecule has 0 bridgehead atoms. The summed E-state index contributed by atoms with van der Waals surface area (Å²) in [6.45, 7) is 5.00. The van der Waals surface area contributed by atoms with Crippen LogP contribution in [0.15, 0.2) is 36.5 Å². The van der Waals surface area contributed by atoms with E-state index in [0.29, 0.717) is 11.9 Å². The molecule has 0 saturated heterocycles. The first-order chi connectivity index (χ1) is 9.70. The zero-order valence-electron chi connectivity index (χ0n) is 12.0. The molecule has 0 unspecified atom stereocenters. The van der Waals surface area contributed by atoms with Crippen LogP contribution < -0.4 is 10.1 Å². The van der Waals surface area contributed by atoms with Crippen molar-refractivity contribution in [3.05, 3.63) is 53.2 Å². The van der Waals surface area contributed by atoms with Gasteiger partial charge in [-0.05, 0) is 55.5 Å². The van der Waals surface area contributed by atoms with E-state index < -0.39 is 0 Å². The number of pyridine rings is 1. The second-order valence-corrected chi connectivity index (χ2v) is 5.53. The van der Waals surface area contributed by atoms with Crippen molar-refractivity contribution in [1.29, 1.82) is 0 Å². The van der Waals surface area contributed by atoms with Crippen LogP contribution in [0.5, 0.6) is 11.6 Å². The van der Waals surface area contributed by atoms with Crippen LogP contribution in [0.2, 0.25) is 0 Å². The highest BCUT2D eigenvalue weighted by atomic mass is 16.5. The van der Waals surface area contributed by atoms with Crippen LogP contribution in [0.1, 0.15) is 29.5 Å². The lowest BCUT2D eigenvalue weighted by molar-refractivity contribution is 0.458. The first-order valence-corrected chi connectivity index (χ1v) is 7.14. The Morgan fingerprint density at radius 1 is 1.20 bits per heavy atom. The van der Waals surface area contributed by atoms with E-state index in [0.717, 1.165) is 17.9 Å². The molecule has 104 valence electrons. The number of nitrogens with zero attached hydrogens (tertiary/aromatic N) is 1. The zero-order valence-corrected chi connectivity index (χ0v) is 12.0. The minimum atomic E-state index is 0.661. The van der Waals surface area contributed by atoms with Gasteiger partial charge in [0.15, 0.2) is 0 Å². The molecule has 1 fully saturated rings. The van der Waals surface area contributed by atoms with Crippen LogP contribution in [0, 0.1) is 13.8 Å². The SMILES string of the molecule is Cc1ccc(C)c(Oc2cc(CNC3CC3)ccn2)c1. The molecule has 1 heterocycles. The number of aryl methyl sites for hydroxylation is 2. The summed E-state index contributed by atoms with van der Waals surface area (Å²) in [4.78, 5) is 4.30. The van der Waals surface area contributed by atoms with Gasteiger partial charge in [-0.3, -0.25) is 0 Å². The molecule has 0 spiro atoms. The highest BCUT2D eigenvalue weighted by molar-refractivity contribution is 5.38. The third kappa shape index (κ3) is 3.36. The standard InChI is InChI=1S/C17H20N2O/c1-12-3-4-13(2)16(9-12)20-17-10-14(7-8-18-17)11-19-15-5-6-15/h3-4,7-10,15,19H,5-6,11H2,1-2H3. The van der Waals surface area contributed by atoms with Crippen molar-refractivity contribution in [2.24, 2.45) is 0 Å². The second-order valence-electron chi connectivity index (χ2n) is 5.53. The second kappa shape index (κ2) is 5.63. The normalized spacial score (nSPS) is 14.3. The topological polar surface area (TPSA) is 34.1 Å². The van der Waals surface area contributed by atoms with Crippen LogP contribution in [-0.4, -0.2) is 11.0 Å². The molecular formula is C17H20N2O. The molecule has 20 heavy (non-hydrogen) atoms. The number of rotatable bonds is 5. The predicted molar refractivity (Wildman–Crippen MR) is 80.1 cm³/mol. The van der Waals surface area contributed by atoms with E-state index in [9.17, 15) is 0 Å². The average molecular weight is 268 g/mol. The van der Waals surface area contributed by atoms with Gasteiger partial charge in [0.05, 0.1) is 0 Å². The van der Waals surface area contributed by atoms with E-state index in [4.69, 9.17) is 4.74 Å². The smallest absolute Gasteiger partial charge is 0.219 e. The van der Waals surface area contributed by atoms with Gasteiger partial charge in [-0.1, -0.05) is 12.1 Å². The summed E-state index contributed by atoms with van der Waals surface area (Å²) >= 11 is 0. The van der Waals surface area contributed by atoms with Crippen LogP contribution in [0.25, 0.3) is 0 Å². The molecule has 0 atom stereocenters. The number of hydrogen-bond donors (Lipinski definition) is 1. The lowest BCUT2D eigenvalue weighted by Crippen LogP contribution is -2.15. The number of ether oxygens (including phenoxy) is 1. The van der Waals surface area contributed by atoms with Gasteiger partial charge in [-0.15, -0.1) is 0 Å². The number of benzene rings is 1. The average Bonchev–Trinajstić information content (AvgIpc) is 3.25. The molecule has 3 nitrogen and oxygen atoms in total. The largest absolute Gasteiger partial charge is 0.439 e. The fourth-order valence-corrected chi connectivity index (χ4v) is 2.10. The molecule has 1 aliphatic carbocycles. The maximum atomic E-state index is 5.91. The van der Waals surface area contributed by atoms with E-state index in [1.54, 1.807) is 0 Å². The molecule has 1 aromatic carbocycles. The Hall–Kier alpha value is -1.87. The van der Waals surface area contributed by atoms with Crippen LogP contribution in [0.3, 0.4) is 0 Å². The Balaban J connectivity index is 1.72. The third-order valence-corrected chi connectivity index (χ3v) is 3.53. The molecule has 1 N–H and O–H groups in total. The Morgan fingerprint density at radius 2 is 2.05 bits per heavy atom. The molecule has 2 aromatic rings. The van der Waals surface area contributed by atoms with Crippen molar-refractivity contribution in [1.82, 2.24) is 10.3 Å². The summed E-state index contributed by atoms with van der Waals surface area (Å²) in [7, 11) is 0. The molecule has 0 radical (unpaired) electrons. The monoisotopic (exact) mass is 268 g/mol. The molecule has 1 aromatic heterocycles. The highest BCUT2D eigenvalue weighted by Crippen LogP contribution is 2.25. The van der Waals surface area contributed by atoms with Crippen molar-refractivity contribution in [3.8, 4) is 11.6 Å². The van der Waals surface area contributed by atoms with E-state index in [1.807, 2.05) is 31.3 Å². The highest BCUT2D eigenvalue weighted by Gasteiger charge is 2.19. The van der Waals surface area contributed by atoms with Crippen molar-refractivity contribution < 1.29 is 4.74 Å². The Morgan fingerprint density at radius 3 is 2.85 bits per heavy atom. The lowest BCUT2D eigenvalue weighted by atomic mass is 10.1. The Labute approximate surface area is 120 Å². The minimum absolute atomic E-state index is 0.661. The van der Waals surface area contributed by atoms with Gasteiger partial charge >= 0.3 is 0 Å². The third-order valence-electron chi connectivity index (χ3n) is 3.53. The summed E-state index contributed by atoms with van der Waals surface area (Å²) in [5, 5.41) is 3.50. The maximum absolute atomic E-state index is 5.91. The van der Waals surface area contributed by atoms with Gasteiger partial charge < -0.3 is 10.1 Å². The first kappa shape index (κ1) is 13.1.